The molecule has 0 N–H and O–H groups in total. The first-order chi connectivity index (χ1) is 26.5. The van der Waals surface area contributed by atoms with E-state index in [1.54, 1.807) is 12.1 Å². The number of allylic oxidation sites excluding steroid dienone is 8. The summed E-state index contributed by atoms with van der Waals surface area (Å²) in [6.45, 7) is 9.00. The minimum absolute atomic E-state index is 0. The molecule has 59 heavy (non-hydrogen) atoms. The summed E-state index contributed by atoms with van der Waals surface area (Å²) >= 11 is 1.39. The fraction of sp³-hybridized carbons (Fsp3) is 0.342. The summed E-state index contributed by atoms with van der Waals surface area (Å²) in [6.07, 6.45) is 14.8. The van der Waals surface area contributed by atoms with E-state index in [1.165, 1.54) is 6.07 Å². The molecule has 0 spiro atoms. The van der Waals surface area contributed by atoms with Crippen molar-refractivity contribution in [1.82, 2.24) is 0 Å². The molecular weight excluding hydrogens is 874 g/mol. The topological polar surface area (TPSA) is 204 Å². The van der Waals surface area contributed by atoms with Crippen molar-refractivity contribution in [3.63, 3.8) is 0 Å². The van der Waals surface area contributed by atoms with Crippen molar-refractivity contribution in [3.8, 4) is 0 Å². The van der Waals surface area contributed by atoms with Crippen molar-refractivity contribution in [1.29, 1.82) is 0 Å². The number of nitrogens with zero attached hydrogens (tertiary/aromatic N) is 2. The summed E-state index contributed by atoms with van der Waals surface area (Å²) in [7, 11) is -9.32. The predicted molar refractivity (Wildman–Crippen MR) is 208 cm³/mol. The molecule has 0 atom stereocenters. The zero-order chi connectivity index (χ0) is 40.7. The molecule has 0 aliphatic carbocycles. The first-order valence-corrected chi connectivity index (χ1v) is 22.1. The van der Waals surface area contributed by atoms with Gasteiger partial charge in [0.25, 0.3) is 0 Å². The third kappa shape index (κ3) is 13.6. The Morgan fingerprint density at radius 3 is 2.17 bits per heavy atom. The van der Waals surface area contributed by atoms with Crippen LogP contribution in [-0.2, 0) is 49.8 Å². The van der Waals surface area contributed by atoms with Crippen LogP contribution in [0.15, 0.2) is 107 Å². The summed E-state index contributed by atoms with van der Waals surface area (Å²) in [5, 5.41) is 28.2. The molecule has 302 valence electrons. The van der Waals surface area contributed by atoms with Crippen molar-refractivity contribution in [2.24, 2.45) is 0 Å². The van der Waals surface area contributed by atoms with E-state index in [0.717, 1.165) is 40.4 Å². The number of rotatable bonds is 19. The second-order valence-electron chi connectivity index (χ2n) is 14.1. The Balaban J connectivity index is 0.00000400. The summed E-state index contributed by atoms with van der Waals surface area (Å²) in [6, 6.07) is 14.3. The molecule has 0 aromatic heterocycles. The Kier molecular flexibility index (Phi) is 22.3. The summed E-state index contributed by atoms with van der Waals surface area (Å²) in [5.74, 6) is 0.0519. The fourth-order valence-corrected chi connectivity index (χ4v) is 9.61. The molecule has 0 unspecified atom stereocenters. The van der Waals surface area contributed by atoms with Gasteiger partial charge in [0.2, 0.25) is 5.69 Å². The minimum atomic E-state index is -4.99. The third-order valence-corrected chi connectivity index (χ3v) is 12.6. The maximum absolute atomic E-state index is 12.7. The maximum atomic E-state index is 12.7. The van der Waals surface area contributed by atoms with Gasteiger partial charge in [-0.15, -0.1) is 0 Å². The Morgan fingerprint density at radius 2 is 1.49 bits per heavy atom. The van der Waals surface area contributed by atoms with E-state index in [-0.39, 0.29) is 111 Å². The summed E-state index contributed by atoms with van der Waals surface area (Å²) in [4.78, 5) is 1.80. The molecule has 21 heteroatoms. The SMILES string of the molecule is CC1(C)C(/C=C/C=C/C=C/C=C2/N(CCCS(=O)(=O)[O-])c3ccccc3C2(C)C)=[N+](CCCCSOO[O-])c2ccc3cc(SOO[O-])cc(S(=O)(=O)[O-])c3c21.[Na+].[Na+].[Na+]. The van der Waals surface area contributed by atoms with Gasteiger partial charge in [-0.25, -0.2) is 16.8 Å². The monoisotopic (exact) mass is 914 g/mol. The number of anilines is 1. The van der Waals surface area contributed by atoms with Gasteiger partial charge in [0.05, 0.1) is 32.5 Å². The second kappa shape index (κ2) is 24.1. The molecule has 2 aliphatic rings. The van der Waals surface area contributed by atoms with Gasteiger partial charge in [-0.1, -0.05) is 62.4 Å². The van der Waals surface area contributed by atoms with Crippen LogP contribution in [-0.4, -0.2) is 60.8 Å². The van der Waals surface area contributed by atoms with Gasteiger partial charge >= 0.3 is 88.7 Å². The zero-order valence-electron chi connectivity index (χ0n) is 34.0. The van der Waals surface area contributed by atoms with Crippen molar-refractivity contribution in [2.45, 2.75) is 67.6 Å². The summed E-state index contributed by atoms with van der Waals surface area (Å²) < 4.78 is 82.8. The molecule has 0 saturated heterocycles. The molecule has 14 nitrogen and oxygen atoms in total. The Morgan fingerprint density at radius 1 is 0.814 bits per heavy atom. The molecule has 0 radical (unpaired) electrons. The van der Waals surface area contributed by atoms with Crippen LogP contribution < -0.4 is 104 Å². The standard InChI is InChI=1S/C38H44N2O12S4.3Na/c1-37(2)29-15-10-11-16-30(29)39(22-14-24-55(43,44)45)33(37)17-8-6-5-7-9-18-34-38(3,4)36-31(40(34)21-12-13-23-53-51-49-41)20-19-27-25-28(54-52-50-42)26-32(35(27)36)56(46,47)48;;;/h5-11,15-20,25-26H,12-14,21-24H2,1-4H3,(H3-,41,42,43,44,45,46,47,48);;;/q;3*+1/p-3. The molecule has 3 aromatic rings. The van der Waals surface area contributed by atoms with E-state index in [1.807, 2.05) is 86.7 Å². The molecule has 2 aliphatic heterocycles. The van der Waals surface area contributed by atoms with Crippen LogP contribution in [0.4, 0.5) is 11.4 Å². The minimum Gasteiger partial charge on any atom is -0.748 e. The van der Waals surface area contributed by atoms with Crippen molar-refractivity contribution >= 4 is 72.2 Å². The van der Waals surface area contributed by atoms with Gasteiger partial charge < -0.3 is 24.5 Å². The van der Waals surface area contributed by atoms with Crippen LogP contribution in [0.25, 0.3) is 10.8 Å². The number of unbranched alkanes of at least 4 members (excludes halogenated alkanes) is 1. The average molecular weight is 915 g/mol. The molecular formula is C38H41N2Na3O12S4. The zero-order valence-corrected chi connectivity index (χ0v) is 43.3. The quantitative estimate of drug-likeness (QED) is 0.0166. The number of fused-ring (bicyclic) bond motifs is 4. The van der Waals surface area contributed by atoms with E-state index in [2.05, 4.69) is 42.1 Å². The van der Waals surface area contributed by atoms with Crippen LogP contribution >= 0.6 is 24.1 Å². The van der Waals surface area contributed by atoms with Gasteiger partial charge in [-0.05, 0) is 68.0 Å². The maximum Gasteiger partial charge on any atom is 1.00 e. The van der Waals surface area contributed by atoms with Crippen LogP contribution in [0.2, 0.25) is 0 Å². The van der Waals surface area contributed by atoms with Crippen molar-refractivity contribution < 1.29 is 148 Å². The summed E-state index contributed by atoms with van der Waals surface area (Å²) in [5.41, 5.74) is 4.11. The van der Waals surface area contributed by atoms with Gasteiger partial charge in [0.15, 0.2) is 5.71 Å². The smallest absolute Gasteiger partial charge is 0.748 e. The number of para-hydroxylation sites is 1. The van der Waals surface area contributed by atoms with E-state index >= 15 is 0 Å². The number of hydrogen-bond donors (Lipinski definition) is 0. The van der Waals surface area contributed by atoms with Gasteiger partial charge in [-0.2, -0.15) is 13.2 Å². The van der Waals surface area contributed by atoms with E-state index < -0.39 is 36.3 Å². The Hall–Kier alpha value is -0.370. The first kappa shape index (κ1) is 54.8. The normalized spacial score (nSPS) is 16.5. The van der Waals surface area contributed by atoms with Crippen molar-refractivity contribution in [3.05, 3.63) is 108 Å². The van der Waals surface area contributed by atoms with Crippen LogP contribution in [0, 0.1) is 0 Å². The number of benzene rings is 3. The molecule has 0 amide bonds. The average Bonchev–Trinajstić information content (AvgIpc) is 3.48. The van der Waals surface area contributed by atoms with E-state index in [0.29, 0.717) is 54.7 Å². The van der Waals surface area contributed by atoms with E-state index in [4.69, 9.17) is 0 Å². The van der Waals surface area contributed by atoms with Crippen LogP contribution in [0.1, 0.15) is 58.1 Å². The van der Waals surface area contributed by atoms with Gasteiger partial charge in [-0.3, -0.25) is 10.1 Å². The van der Waals surface area contributed by atoms with Crippen molar-refractivity contribution in [2.75, 3.05) is 29.5 Å². The number of hydrogen-bond acceptors (Lipinski definition) is 15. The predicted octanol–water partition coefficient (Wildman–Crippen LogP) is -3.70. The molecule has 0 bridgehead atoms. The molecule has 0 saturated carbocycles. The molecule has 2 heterocycles. The van der Waals surface area contributed by atoms with E-state index in [9.17, 15) is 36.5 Å². The fourth-order valence-electron chi connectivity index (χ4n) is 7.43. The second-order valence-corrected chi connectivity index (χ2v) is 18.5. The molecule has 3 aromatic carbocycles. The Bertz CT molecular complexity index is 2320. The molecule has 0 fully saturated rings. The third-order valence-electron chi connectivity index (χ3n) is 9.77. The van der Waals surface area contributed by atoms with Crippen LogP contribution in [0.3, 0.4) is 0 Å². The van der Waals surface area contributed by atoms with Gasteiger partial charge in [0.1, 0.15) is 16.7 Å². The van der Waals surface area contributed by atoms with Gasteiger partial charge in [0, 0.05) is 81.3 Å². The Labute approximate surface area is 420 Å². The first-order valence-electron chi connectivity index (χ1n) is 17.5. The van der Waals surface area contributed by atoms with Crippen LogP contribution in [0.5, 0.6) is 0 Å². The molecule has 5 rings (SSSR count). The largest absolute Gasteiger partial charge is 1.00 e.